The van der Waals surface area contributed by atoms with Gasteiger partial charge in [0.15, 0.2) is 0 Å². The Morgan fingerprint density at radius 1 is 1.21 bits per heavy atom. The first kappa shape index (κ1) is 13.7. The van der Waals surface area contributed by atoms with E-state index in [0.29, 0.717) is 12.0 Å². The van der Waals surface area contributed by atoms with Gasteiger partial charge in [-0.05, 0) is 50.1 Å². The summed E-state index contributed by atoms with van der Waals surface area (Å²) in [6.07, 6.45) is 2.21. The van der Waals surface area contributed by atoms with Crippen LogP contribution in [-0.2, 0) is 10.5 Å². The van der Waals surface area contributed by atoms with Crippen molar-refractivity contribution >= 4 is 22.6 Å². The second kappa shape index (κ2) is 4.44. The molecule has 5 rings (SSSR count). The summed E-state index contributed by atoms with van der Waals surface area (Å²) < 4.78 is 16.0. The average Bonchev–Trinajstić information content (AvgIpc) is 2.96. The maximum Gasteiger partial charge on any atom is 0.228 e. The van der Waals surface area contributed by atoms with Crippen LogP contribution in [0.5, 0.6) is 0 Å². The third kappa shape index (κ3) is 1.57. The molecule has 0 bridgehead atoms. The number of amides is 1. The van der Waals surface area contributed by atoms with E-state index in [1.165, 1.54) is 12.1 Å². The fourth-order valence-electron chi connectivity index (χ4n) is 4.25. The molecule has 4 nitrogen and oxygen atoms in total. The number of carbonyl (C=O) groups is 1. The molecule has 120 valence electrons. The molecule has 1 saturated heterocycles. The van der Waals surface area contributed by atoms with Crippen molar-refractivity contribution in [2.45, 2.75) is 31.8 Å². The molecule has 0 N–H and O–H groups in total. The van der Waals surface area contributed by atoms with Gasteiger partial charge in [-0.25, -0.2) is 9.37 Å². The molecular formula is C19H16FN3O. The first-order chi connectivity index (χ1) is 11.6. The van der Waals surface area contributed by atoms with Gasteiger partial charge in [-0.1, -0.05) is 12.1 Å². The van der Waals surface area contributed by atoms with Gasteiger partial charge in [0.1, 0.15) is 17.3 Å². The summed E-state index contributed by atoms with van der Waals surface area (Å²) in [4.78, 5) is 19.3. The predicted molar refractivity (Wildman–Crippen MR) is 90.1 cm³/mol. The molecule has 1 atom stereocenters. The predicted octanol–water partition coefficient (Wildman–Crippen LogP) is 4.05. The van der Waals surface area contributed by atoms with Crippen LogP contribution in [0.3, 0.4) is 0 Å². The number of fused-ring (bicyclic) bond motifs is 8. The topological polar surface area (TPSA) is 38.1 Å². The average molecular weight is 321 g/mol. The minimum atomic E-state index is -0.508. The van der Waals surface area contributed by atoms with E-state index in [0.717, 1.165) is 35.4 Å². The number of rotatable bonds is 0. The highest BCUT2D eigenvalue weighted by Gasteiger charge is 2.47. The van der Waals surface area contributed by atoms with Gasteiger partial charge in [0.25, 0.3) is 0 Å². The van der Waals surface area contributed by atoms with Crippen molar-refractivity contribution in [2.75, 3.05) is 4.90 Å². The Morgan fingerprint density at radius 2 is 2.04 bits per heavy atom. The van der Waals surface area contributed by atoms with Crippen LogP contribution in [-0.4, -0.2) is 15.5 Å². The fraction of sp³-hybridized carbons (Fsp3) is 0.263. The Morgan fingerprint density at radius 3 is 2.92 bits per heavy atom. The van der Waals surface area contributed by atoms with Crippen molar-refractivity contribution in [2.24, 2.45) is 0 Å². The van der Waals surface area contributed by atoms with Gasteiger partial charge < -0.3 is 0 Å². The van der Waals surface area contributed by atoms with Crippen LogP contribution in [0.1, 0.15) is 26.2 Å². The lowest BCUT2D eigenvalue weighted by molar-refractivity contribution is -0.122. The minimum Gasteiger partial charge on any atom is -0.300 e. The molecule has 2 aromatic carbocycles. The van der Waals surface area contributed by atoms with E-state index in [1.807, 2.05) is 29.2 Å². The van der Waals surface area contributed by atoms with E-state index >= 15 is 0 Å². The molecule has 0 spiro atoms. The van der Waals surface area contributed by atoms with Crippen molar-refractivity contribution in [1.82, 2.24) is 9.55 Å². The summed E-state index contributed by atoms with van der Waals surface area (Å²) in [5, 5.41) is 0. The normalized spacial score (nSPS) is 22.2. The third-order valence-electron chi connectivity index (χ3n) is 5.26. The van der Waals surface area contributed by atoms with Crippen LogP contribution in [0.25, 0.3) is 22.4 Å². The number of aromatic nitrogens is 2. The van der Waals surface area contributed by atoms with E-state index in [9.17, 15) is 9.18 Å². The van der Waals surface area contributed by atoms with Gasteiger partial charge in [-0.2, -0.15) is 0 Å². The number of halogens is 1. The summed E-state index contributed by atoms with van der Waals surface area (Å²) in [6.45, 7) is 2.08. The van der Waals surface area contributed by atoms with Gasteiger partial charge in [-0.3, -0.25) is 14.3 Å². The van der Waals surface area contributed by atoms with E-state index in [4.69, 9.17) is 4.98 Å². The highest BCUT2D eigenvalue weighted by molar-refractivity contribution is 6.01. The number of benzene rings is 2. The molecule has 3 heterocycles. The molecular weight excluding hydrogens is 305 g/mol. The quantitative estimate of drug-likeness (QED) is 0.626. The molecule has 0 radical (unpaired) electrons. The van der Waals surface area contributed by atoms with E-state index in [1.54, 1.807) is 6.07 Å². The first-order valence-electron chi connectivity index (χ1n) is 8.20. The second-order valence-corrected chi connectivity index (χ2v) is 6.72. The van der Waals surface area contributed by atoms with E-state index in [2.05, 4.69) is 11.5 Å². The standard InChI is InChI=1S/C19H16FN3O/c1-19-10-4-7-17(24)22(19)15-9-8-12(20)11-13(15)18-21-14-5-2-3-6-16(14)23(18)19/h2-3,5-6,8-9,11H,4,7,10H2,1H3. The van der Waals surface area contributed by atoms with Crippen molar-refractivity contribution in [1.29, 1.82) is 0 Å². The number of hydrogen-bond acceptors (Lipinski definition) is 2. The lowest BCUT2D eigenvalue weighted by Gasteiger charge is -2.49. The van der Waals surface area contributed by atoms with Crippen molar-refractivity contribution < 1.29 is 9.18 Å². The van der Waals surface area contributed by atoms with Crippen LogP contribution < -0.4 is 4.90 Å². The van der Waals surface area contributed by atoms with Crippen LogP contribution in [0.4, 0.5) is 10.1 Å². The Bertz CT molecular complexity index is 1010. The smallest absolute Gasteiger partial charge is 0.228 e. The maximum absolute atomic E-state index is 13.9. The fourth-order valence-corrected chi connectivity index (χ4v) is 4.25. The molecule has 0 aliphatic carbocycles. The Kier molecular flexibility index (Phi) is 2.54. The molecule has 2 aliphatic rings. The van der Waals surface area contributed by atoms with Crippen molar-refractivity contribution in [3.63, 3.8) is 0 Å². The molecule has 3 aromatic rings. The number of anilines is 1. The Labute approximate surface area is 138 Å². The number of hydrogen-bond donors (Lipinski definition) is 0. The van der Waals surface area contributed by atoms with Gasteiger partial charge in [0.05, 0.1) is 16.7 Å². The lowest BCUT2D eigenvalue weighted by Crippen LogP contribution is -2.56. The van der Waals surface area contributed by atoms with E-state index in [-0.39, 0.29) is 11.7 Å². The number of nitrogens with zero attached hydrogens (tertiary/aromatic N) is 3. The number of carbonyl (C=O) groups excluding carboxylic acids is 1. The van der Waals surface area contributed by atoms with E-state index < -0.39 is 5.66 Å². The van der Waals surface area contributed by atoms with Crippen molar-refractivity contribution in [3.05, 3.63) is 48.3 Å². The molecule has 1 fully saturated rings. The van der Waals surface area contributed by atoms with Gasteiger partial charge >= 0.3 is 0 Å². The molecule has 24 heavy (non-hydrogen) atoms. The van der Waals surface area contributed by atoms with Crippen LogP contribution in [0.15, 0.2) is 42.5 Å². The van der Waals surface area contributed by atoms with Gasteiger partial charge in [0, 0.05) is 12.0 Å². The number of piperidine rings is 1. The molecule has 1 amide bonds. The largest absolute Gasteiger partial charge is 0.300 e. The second-order valence-electron chi connectivity index (χ2n) is 6.72. The minimum absolute atomic E-state index is 0.0834. The third-order valence-corrected chi connectivity index (χ3v) is 5.26. The van der Waals surface area contributed by atoms with Gasteiger partial charge in [0.2, 0.25) is 5.91 Å². The molecule has 1 unspecified atom stereocenters. The van der Waals surface area contributed by atoms with Crippen LogP contribution in [0, 0.1) is 5.82 Å². The molecule has 5 heteroatoms. The summed E-state index contributed by atoms with van der Waals surface area (Å²) in [5.41, 5.74) is 2.77. The Balaban J connectivity index is 1.94. The number of imidazole rings is 1. The zero-order valence-electron chi connectivity index (χ0n) is 13.3. The highest BCUT2D eigenvalue weighted by atomic mass is 19.1. The molecule has 0 saturated carbocycles. The van der Waals surface area contributed by atoms with Crippen molar-refractivity contribution in [3.8, 4) is 11.4 Å². The maximum atomic E-state index is 13.9. The number of para-hydroxylation sites is 2. The zero-order valence-corrected chi connectivity index (χ0v) is 13.3. The molecule has 1 aromatic heterocycles. The summed E-state index contributed by atoms with van der Waals surface area (Å²) in [6, 6.07) is 12.5. The molecule has 2 aliphatic heterocycles. The summed E-state index contributed by atoms with van der Waals surface area (Å²) in [7, 11) is 0. The van der Waals surface area contributed by atoms with Gasteiger partial charge in [-0.15, -0.1) is 0 Å². The Hall–Kier alpha value is -2.69. The SMILES string of the molecule is CC12CCCC(=O)N1c1ccc(F)cc1-c1nc3ccccc3n12. The zero-order chi connectivity index (χ0) is 16.5. The summed E-state index contributed by atoms with van der Waals surface area (Å²) in [5.74, 6) is 0.500. The highest BCUT2D eigenvalue weighted by Crippen LogP contribution is 2.49. The van der Waals surface area contributed by atoms with Crippen LogP contribution in [0.2, 0.25) is 0 Å². The summed E-state index contributed by atoms with van der Waals surface area (Å²) >= 11 is 0. The first-order valence-corrected chi connectivity index (χ1v) is 8.20. The lowest BCUT2D eigenvalue weighted by atomic mass is 9.90. The monoisotopic (exact) mass is 321 g/mol. The van der Waals surface area contributed by atoms with Crippen LogP contribution >= 0.6 is 0 Å².